The predicted octanol–water partition coefficient (Wildman–Crippen LogP) is 0.575. The lowest BCUT2D eigenvalue weighted by atomic mass is 10.3. The molecule has 1 aromatic carbocycles. The zero-order valence-corrected chi connectivity index (χ0v) is 11.6. The predicted molar refractivity (Wildman–Crippen MR) is 68.8 cm³/mol. The van der Waals surface area contributed by atoms with E-state index in [0.717, 1.165) is 25.2 Å². The van der Waals surface area contributed by atoms with Gasteiger partial charge < -0.3 is 4.74 Å². The van der Waals surface area contributed by atoms with Crippen LogP contribution < -0.4 is 4.72 Å². The average Bonchev–Trinajstić information content (AvgIpc) is 2.42. The zero-order chi connectivity index (χ0) is 14.6. The van der Waals surface area contributed by atoms with Crippen LogP contribution in [0.2, 0.25) is 0 Å². The van der Waals surface area contributed by atoms with Crippen molar-refractivity contribution in [1.29, 1.82) is 0 Å². The van der Waals surface area contributed by atoms with E-state index in [2.05, 4.69) is 4.72 Å². The van der Waals surface area contributed by atoms with Crippen molar-refractivity contribution in [3.05, 3.63) is 29.8 Å². The fourth-order valence-electron chi connectivity index (χ4n) is 1.92. The fraction of sp³-hybridized carbons (Fsp3) is 0.500. The molecule has 1 saturated heterocycles. The Labute approximate surface area is 116 Å². The van der Waals surface area contributed by atoms with Gasteiger partial charge in [-0.05, 0) is 18.2 Å². The highest BCUT2D eigenvalue weighted by Gasteiger charge is 2.20. The van der Waals surface area contributed by atoms with Crippen molar-refractivity contribution in [2.45, 2.75) is 4.90 Å². The van der Waals surface area contributed by atoms with Gasteiger partial charge in [0, 0.05) is 26.2 Å². The summed E-state index contributed by atoms with van der Waals surface area (Å²) in [6.07, 6.45) is 0. The summed E-state index contributed by atoms with van der Waals surface area (Å²) in [4.78, 5) is 1.37. The summed E-state index contributed by atoms with van der Waals surface area (Å²) in [6.45, 7) is 3.33. The van der Waals surface area contributed by atoms with Crippen LogP contribution in [0, 0.1) is 11.6 Å². The van der Waals surface area contributed by atoms with Gasteiger partial charge >= 0.3 is 0 Å². The van der Waals surface area contributed by atoms with E-state index < -0.39 is 26.6 Å². The van der Waals surface area contributed by atoms with Crippen LogP contribution in [-0.2, 0) is 14.8 Å². The highest BCUT2D eigenvalue weighted by Crippen LogP contribution is 2.15. The smallest absolute Gasteiger partial charge is 0.243 e. The van der Waals surface area contributed by atoms with Crippen LogP contribution in [0.15, 0.2) is 23.1 Å². The number of nitrogens with zero attached hydrogens (tertiary/aromatic N) is 1. The molecule has 0 saturated carbocycles. The molecule has 0 spiro atoms. The Morgan fingerprint density at radius 1 is 1.25 bits per heavy atom. The van der Waals surface area contributed by atoms with Crippen molar-refractivity contribution in [3.8, 4) is 0 Å². The molecule has 1 aromatic rings. The molecule has 2 rings (SSSR count). The molecule has 0 bridgehead atoms. The molecule has 8 heteroatoms. The number of rotatable bonds is 5. The summed E-state index contributed by atoms with van der Waals surface area (Å²) >= 11 is 0. The highest BCUT2D eigenvalue weighted by molar-refractivity contribution is 7.89. The summed E-state index contributed by atoms with van der Waals surface area (Å²) in [6, 6.07) is 2.35. The Kier molecular flexibility index (Phi) is 5.03. The maximum Gasteiger partial charge on any atom is 0.243 e. The second kappa shape index (κ2) is 6.57. The second-order valence-corrected chi connectivity index (χ2v) is 6.16. The lowest BCUT2D eigenvalue weighted by Crippen LogP contribution is -2.41. The minimum Gasteiger partial charge on any atom is -0.379 e. The highest BCUT2D eigenvalue weighted by atomic mass is 32.2. The summed E-state index contributed by atoms with van der Waals surface area (Å²) in [5.41, 5.74) is 0. The van der Waals surface area contributed by atoms with Crippen molar-refractivity contribution in [2.75, 3.05) is 39.4 Å². The number of hydrogen-bond donors (Lipinski definition) is 1. The summed E-state index contributed by atoms with van der Waals surface area (Å²) in [7, 11) is -4.04. The van der Waals surface area contributed by atoms with Gasteiger partial charge in [0.15, 0.2) is 0 Å². The first-order valence-electron chi connectivity index (χ1n) is 6.24. The lowest BCUT2D eigenvalue weighted by Gasteiger charge is -2.26. The third-order valence-electron chi connectivity index (χ3n) is 3.01. The molecule has 112 valence electrons. The van der Waals surface area contributed by atoms with Crippen LogP contribution in [0.5, 0.6) is 0 Å². The van der Waals surface area contributed by atoms with Crippen LogP contribution >= 0.6 is 0 Å². The molecule has 1 aliphatic heterocycles. The van der Waals surface area contributed by atoms with Crippen molar-refractivity contribution >= 4 is 10.0 Å². The Balaban J connectivity index is 1.95. The van der Waals surface area contributed by atoms with E-state index in [1.54, 1.807) is 0 Å². The van der Waals surface area contributed by atoms with Gasteiger partial charge in [-0.1, -0.05) is 0 Å². The normalized spacial score (nSPS) is 17.3. The third-order valence-corrected chi connectivity index (χ3v) is 4.48. The van der Waals surface area contributed by atoms with E-state index in [4.69, 9.17) is 4.74 Å². The molecule has 1 N–H and O–H groups in total. The van der Waals surface area contributed by atoms with Gasteiger partial charge in [-0.2, -0.15) is 0 Å². The molecule has 0 amide bonds. The summed E-state index contributed by atoms with van der Waals surface area (Å²) in [5.74, 6) is -1.76. The minimum atomic E-state index is -4.04. The number of nitrogens with one attached hydrogen (secondary N) is 1. The van der Waals surface area contributed by atoms with E-state index in [1.165, 1.54) is 0 Å². The molecule has 1 heterocycles. The molecule has 0 aromatic heterocycles. The van der Waals surface area contributed by atoms with Crippen LogP contribution in [0.4, 0.5) is 8.78 Å². The number of morpholine rings is 1. The van der Waals surface area contributed by atoms with Gasteiger partial charge in [0.2, 0.25) is 10.0 Å². The first-order valence-corrected chi connectivity index (χ1v) is 7.72. The Hall–Kier alpha value is -1.09. The number of sulfonamides is 1. The molecule has 0 aliphatic carbocycles. The van der Waals surface area contributed by atoms with Gasteiger partial charge in [-0.25, -0.2) is 21.9 Å². The number of benzene rings is 1. The number of hydrogen-bond acceptors (Lipinski definition) is 4. The van der Waals surface area contributed by atoms with Crippen LogP contribution in [0.3, 0.4) is 0 Å². The van der Waals surface area contributed by atoms with E-state index in [9.17, 15) is 17.2 Å². The van der Waals surface area contributed by atoms with Crippen molar-refractivity contribution < 1.29 is 21.9 Å². The van der Waals surface area contributed by atoms with Crippen LogP contribution in [-0.4, -0.2) is 52.7 Å². The minimum absolute atomic E-state index is 0.137. The Morgan fingerprint density at radius 2 is 1.95 bits per heavy atom. The molecule has 1 fully saturated rings. The van der Waals surface area contributed by atoms with E-state index in [1.807, 2.05) is 4.90 Å². The first-order chi connectivity index (χ1) is 9.49. The molecule has 0 unspecified atom stereocenters. The van der Waals surface area contributed by atoms with Gasteiger partial charge in [0.25, 0.3) is 0 Å². The first kappa shape index (κ1) is 15.3. The van der Waals surface area contributed by atoms with E-state index in [-0.39, 0.29) is 6.54 Å². The van der Waals surface area contributed by atoms with Crippen molar-refractivity contribution in [1.82, 2.24) is 9.62 Å². The zero-order valence-electron chi connectivity index (χ0n) is 10.8. The Morgan fingerprint density at radius 3 is 2.65 bits per heavy atom. The van der Waals surface area contributed by atoms with E-state index in [0.29, 0.717) is 25.8 Å². The lowest BCUT2D eigenvalue weighted by molar-refractivity contribution is 0.0390. The molecular weight excluding hydrogens is 290 g/mol. The summed E-state index contributed by atoms with van der Waals surface area (Å²) in [5, 5.41) is 0. The molecule has 5 nitrogen and oxygen atoms in total. The summed E-state index contributed by atoms with van der Waals surface area (Å²) < 4.78 is 57.7. The fourth-order valence-corrected chi connectivity index (χ4v) is 3.03. The third kappa shape index (κ3) is 3.95. The monoisotopic (exact) mass is 306 g/mol. The SMILES string of the molecule is O=S(=O)(NCCN1CCOCC1)c1cc(F)ccc1F. The Bertz CT molecular complexity index is 560. The van der Waals surface area contributed by atoms with Gasteiger partial charge in [0.1, 0.15) is 16.5 Å². The van der Waals surface area contributed by atoms with Gasteiger partial charge in [-0.3, -0.25) is 4.90 Å². The van der Waals surface area contributed by atoms with Crippen LogP contribution in [0.25, 0.3) is 0 Å². The average molecular weight is 306 g/mol. The van der Waals surface area contributed by atoms with Crippen molar-refractivity contribution in [2.24, 2.45) is 0 Å². The maximum absolute atomic E-state index is 13.4. The molecule has 20 heavy (non-hydrogen) atoms. The number of ether oxygens (including phenoxy) is 1. The largest absolute Gasteiger partial charge is 0.379 e. The topological polar surface area (TPSA) is 58.6 Å². The van der Waals surface area contributed by atoms with Crippen molar-refractivity contribution in [3.63, 3.8) is 0 Å². The van der Waals surface area contributed by atoms with Gasteiger partial charge in [-0.15, -0.1) is 0 Å². The second-order valence-electron chi connectivity index (χ2n) is 4.43. The molecule has 0 radical (unpaired) electrons. The molecular formula is C12H16F2N2O3S. The van der Waals surface area contributed by atoms with Gasteiger partial charge in [0.05, 0.1) is 13.2 Å². The molecule has 1 aliphatic rings. The maximum atomic E-state index is 13.4. The van der Waals surface area contributed by atoms with Crippen LogP contribution in [0.1, 0.15) is 0 Å². The molecule has 0 atom stereocenters. The quantitative estimate of drug-likeness (QED) is 0.864. The standard InChI is InChI=1S/C12H16F2N2O3S/c13-10-1-2-11(14)12(9-10)20(17,18)15-3-4-16-5-7-19-8-6-16/h1-2,9,15H,3-8H2. The van der Waals surface area contributed by atoms with E-state index >= 15 is 0 Å². The number of halogens is 2.